The van der Waals surface area contributed by atoms with Gasteiger partial charge in [0.05, 0.1) is 23.4 Å². The van der Waals surface area contributed by atoms with Crippen molar-refractivity contribution >= 4 is 23.5 Å². The Bertz CT molecular complexity index is 889. The minimum Gasteiger partial charge on any atom is -0.494 e. The summed E-state index contributed by atoms with van der Waals surface area (Å²) in [5, 5.41) is 5.66. The Balaban J connectivity index is 1.54. The number of para-hydroxylation sites is 1. The van der Waals surface area contributed by atoms with E-state index in [9.17, 15) is 14.4 Å². The summed E-state index contributed by atoms with van der Waals surface area (Å²) in [6.07, 6.45) is 4.18. The van der Waals surface area contributed by atoms with Crippen LogP contribution in [0, 0.1) is 0 Å². The van der Waals surface area contributed by atoms with E-state index >= 15 is 0 Å². The molecule has 0 heterocycles. The quantitative estimate of drug-likeness (QED) is 0.649. The van der Waals surface area contributed by atoms with E-state index in [1.807, 2.05) is 6.92 Å². The van der Waals surface area contributed by atoms with E-state index < -0.39 is 18.5 Å². The molecule has 3 rings (SSSR count). The van der Waals surface area contributed by atoms with Crippen LogP contribution in [-0.2, 0) is 9.53 Å². The molecule has 30 heavy (non-hydrogen) atoms. The van der Waals surface area contributed by atoms with Crippen LogP contribution in [-0.4, -0.2) is 37.0 Å². The number of carbonyl (C=O) groups excluding carboxylic acids is 3. The van der Waals surface area contributed by atoms with Gasteiger partial charge >= 0.3 is 5.97 Å². The van der Waals surface area contributed by atoms with Crippen LogP contribution in [0.1, 0.15) is 53.3 Å². The van der Waals surface area contributed by atoms with E-state index in [1.165, 1.54) is 0 Å². The zero-order valence-corrected chi connectivity index (χ0v) is 17.0. The molecule has 0 spiro atoms. The normalized spacial score (nSPS) is 13.5. The molecule has 0 saturated heterocycles. The summed E-state index contributed by atoms with van der Waals surface area (Å²) in [5.74, 6) is -0.695. The van der Waals surface area contributed by atoms with Crippen LogP contribution in [0.2, 0.25) is 0 Å². The van der Waals surface area contributed by atoms with E-state index in [-0.39, 0.29) is 11.9 Å². The first-order chi connectivity index (χ1) is 14.6. The number of anilines is 1. The molecule has 7 nitrogen and oxygen atoms in total. The lowest BCUT2D eigenvalue weighted by Gasteiger charge is -2.15. The SMILES string of the molecule is CCOc1ccc(C(=O)OCC(=O)Nc2ccccc2C(=O)NC2CCCC2)cc1. The Hall–Kier alpha value is -3.35. The van der Waals surface area contributed by atoms with Gasteiger partial charge in [-0.15, -0.1) is 0 Å². The topological polar surface area (TPSA) is 93.7 Å². The molecular weight excluding hydrogens is 384 g/mol. The second kappa shape index (κ2) is 10.4. The van der Waals surface area contributed by atoms with Gasteiger partial charge in [-0.2, -0.15) is 0 Å². The van der Waals surface area contributed by atoms with Crippen LogP contribution in [0.25, 0.3) is 0 Å². The summed E-state index contributed by atoms with van der Waals surface area (Å²) < 4.78 is 10.4. The highest BCUT2D eigenvalue weighted by atomic mass is 16.5. The molecule has 0 unspecified atom stereocenters. The van der Waals surface area contributed by atoms with Crippen molar-refractivity contribution in [1.29, 1.82) is 0 Å². The van der Waals surface area contributed by atoms with Crippen molar-refractivity contribution in [3.8, 4) is 5.75 Å². The van der Waals surface area contributed by atoms with E-state index in [0.29, 0.717) is 29.2 Å². The third-order valence-corrected chi connectivity index (χ3v) is 4.87. The van der Waals surface area contributed by atoms with Crippen molar-refractivity contribution in [2.24, 2.45) is 0 Å². The molecule has 0 atom stereocenters. The van der Waals surface area contributed by atoms with Gasteiger partial charge in [-0.1, -0.05) is 25.0 Å². The van der Waals surface area contributed by atoms with Crippen molar-refractivity contribution in [2.45, 2.75) is 38.6 Å². The summed E-state index contributed by atoms with van der Waals surface area (Å²) in [5.41, 5.74) is 1.09. The summed E-state index contributed by atoms with van der Waals surface area (Å²) in [7, 11) is 0. The lowest BCUT2D eigenvalue weighted by atomic mass is 10.1. The average molecular weight is 410 g/mol. The number of amides is 2. The maximum absolute atomic E-state index is 12.6. The molecule has 0 bridgehead atoms. The van der Waals surface area contributed by atoms with Crippen LogP contribution in [0.3, 0.4) is 0 Å². The van der Waals surface area contributed by atoms with Crippen LogP contribution < -0.4 is 15.4 Å². The Morgan fingerprint density at radius 1 is 1.00 bits per heavy atom. The van der Waals surface area contributed by atoms with Gasteiger partial charge in [-0.25, -0.2) is 4.79 Å². The van der Waals surface area contributed by atoms with Gasteiger partial charge in [0, 0.05) is 6.04 Å². The van der Waals surface area contributed by atoms with Crippen molar-refractivity contribution in [3.05, 3.63) is 59.7 Å². The number of ether oxygens (including phenoxy) is 2. The second-order valence-corrected chi connectivity index (χ2v) is 7.08. The average Bonchev–Trinajstić information content (AvgIpc) is 3.26. The summed E-state index contributed by atoms with van der Waals surface area (Å²) in [6.45, 7) is 1.95. The van der Waals surface area contributed by atoms with Gasteiger partial charge in [-0.05, 0) is 56.2 Å². The fourth-order valence-corrected chi connectivity index (χ4v) is 3.38. The van der Waals surface area contributed by atoms with Crippen LogP contribution in [0.15, 0.2) is 48.5 Å². The van der Waals surface area contributed by atoms with Gasteiger partial charge in [0.15, 0.2) is 6.61 Å². The standard InChI is InChI=1S/C23H26N2O5/c1-2-29-18-13-11-16(12-14-18)23(28)30-15-21(26)25-20-10-6-5-9-19(20)22(27)24-17-7-3-4-8-17/h5-6,9-14,17H,2-4,7-8,15H2,1H3,(H,24,27)(H,25,26). The van der Waals surface area contributed by atoms with Gasteiger partial charge in [0.1, 0.15) is 5.75 Å². The zero-order valence-electron chi connectivity index (χ0n) is 17.0. The Morgan fingerprint density at radius 2 is 1.70 bits per heavy atom. The molecule has 0 radical (unpaired) electrons. The molecule has 2 N–H and O–H groups in total. The fraction of sp³-hybridized carbons (Fsp3) is 0.348. The number of nitrogens with one attached hydrogen (secondary N) is 2. The first kappa shape index (κ1) is 21.4. The summed E-state index contributed by atoms with van der Waals surface area (Å²) in [6, 6.07) is 13.4. The van der Waals surface area contributed by atoms with Gasteiger partial charge in [0.25, 0.3) is 11.8 Å². The Kier molecular flexibility index (Phi) is 7.43. The molecule has 1 aliphatic rings. The Morgan fingerprint density at radius 3 is 2.40 bits per heavy atom. The molecule has 158 valence electrons. The lowest BCUT2D eigenvalue weighted by molar-refractivity contribution is -0.119. The van der Waals surface area contributed by atoms with Crippen LogP contribution in [0.4, 0.5) is 5.69 Å². The van der Waals surface area contributed by atoms with Crippen LogP contribution >= 0.6 is 0 Å². The number of hydrogen-bond acceptors (Lipinski definition) is 5. The molecular formula is C23H26N2O5. The molecule has 2 aromatic carbocycles. The molecule has 1 saturated carbocycles. The van der Waals surface area contributed by atoms with Crippen molar-refractivity contribution < 1.29 is 23.9 Å². The highest BCUT2D eigenvalue weighted by Gasteiger charge is 2.20. The predicted octanol–water partition coefficient (Wildman–Crippen LogP) is 3.55. The molecule has 0 aliphatic heterocycles. The molecule has 1 aliphatic carbocycles. The van der Waals surface area contributed by atoms with E-state index in [4.69, 9.17) is 9.47 Å². The van der Waals surface area contributed by atoms with Gasteiger partial charge in [-0.3, -0.25) is 9.59 Å². The number of carbonyl (C=O) groups is 3. The molecule has 2 amide bonds. The number of esters is 1. The van der Waals surface area contributed by atoms with E-state index in [2.05, 4.69) is 10.6 Å². The third-order valence-electron chi connectivity index (χ3n) is 4.87. The summed E-state index contributed by atoms with van der Waals surface area (Å²) in [4.78, 5) is 37.0. The predicted molar refractivity (Wildman–Crippen MR) is 113 cm³/mol. The molecule has 7 heteroatoms. The Labute approximate surface area is 175 Å². The minimum absolute atomic E-state index is 0.177. The van der Waals surface area contributed by atoms with E-state index in [0.717, 1.165) is 25.7 Å². The minimum atomic E-state index is -0.611. The largest absolute Gasteiger partial charge is 0.494 e. The monoisotopic (exact) mass is 410 g/mol. The number of rotatable bonds is 8. The molecule has 2 aromatic rings. The van der Waals surface area contributed by atoms with Crippen molar-refractivity contribution in [1.82, 2.24) is 5.32 Å². The van der Waals surface area contributed by atoms with E-state index in [1.54, 1.807) is 48.5 Å². The highest BCUT2D eigenvalue weighted by Crippen LogP contribution is 2.20. The maximum atomic E-state index is 12.6. The summed E-state index contributed by atoms with van der Waals surface area (Å²) >= 11 is 0. The number of benzene rings is 2. The maximum Gasteiger partial charge on any atom is 0.338 e. The highest BCUT2D eigenvalue weighted by molar-refractivity contribution is 6.04. The molecule has 1 fully saturated rings. The second-order valence-electron chi connectivity index (χ2n) is 7.08. The third kappa shape index (κ3) is 5.83. The van der Waals surface area contributed by atoms with Gasteiger partial charge < -0.3 is 20.1 Å². The fourth-order valence-electron chi connectivity index (χ4n) is 3.38. The van der Waals surface area contributed by atoms with Crippen LogP contribution in [0.5, 0.6) is 5.75 Å². The van der Waals surface area contributed by atoms with Crippen molar-refractivity contribution in [2.75, 3.05) is 18.5 Å². The smallest absolute Gasteiger partial charge is 0.338 e. The number of hydrogen-bond donors (Lipinski definition) is 2. The molecule has 0 aromatic heterocycles. The first-order valence-electron chi connectivity index (χ1n) is 10.2. The van der Waals surface area contributed by atoms with Gasteiger partial charge in [0.2, 0.25) is 0 Å². The lowest BCUT2D eigenvalue weighted by Crippen LogP contribution is -2.33. The zero-order chi connectivity index (χ0) is 21.3. The first-order valence-corrected chi connectivity index (χ1v) is 10.2. The van der Waals surface area contributed by atoms with Crippen molar-refractivity contribution in [3.63, 3.8) is 0 Å².